The highest BCUT2D eigenvalue weighted by atomic mass is 19.2. The van der Waals surface area contributed by atoms with Gasteiger partial charge in [-0.15, -0.1) is 0 Å². The van der Waals surface area contributed by atoms with Gasteiger partial charge in [0, 0.05) is 60.7 Å². The number of hydrogen-bond acceptors (Lipinski definition) is 8. The lowest BCUT2D eigenvalue weighted by molar-refractivity contribution is 0.0748. The number of likely N-dealkylation sites (tertiary alicyclic amines) is 1. The number of piperidine rings is 1. The molecular formula is C28H27F2N7O3. The predicted octanol–water partition coefficient (Wildman–Crippen LogP) is 2.84. The Morgan fingerprint density at radius 1 is 1.12 bits per heavy atom. The van der Waals surface area contributed by atoms with E-state index in [-0.39, 0.29) is 29.5 Å². The number of rotatable bonds is 7. The molecule has 1 aromatic carbocycles. The van der Waals surface area contributed by atoms with Gasteiger partial charge >= 0.3 is 0 Å². The lowest BCUT2D eigenvalue weighted by Crippen LogP contribution is -2.33. The Labute approximate surface area is 228 Å². The maximum atomic E-state index is 13.9. The molecule has 2 aliphatic rings. The van der Waals surface area contributed by atoms with Crippen molar-refractivity contribution in [2.75, 3.05) is 13.1 Å². The molecule has 2 atom stereocenters. The summed E-state index contributed by atoms with van der Waals surface area (Å²) in [5.74, 6) is -1.29. The summed E-state index contributed by atoms with van der Waals surface area (Å²) in [4.78, 5) is 27.9. The van der Waals surface area contributed by atoms with Crippen LogP contribution in [0.1, 0.15) is 35.5 Å². The third-order valence-electron chi connectivity index (χ3n) is 7.35. The molecule has 206 valence electrons. The smallest absolute Gasteiger partial charge is 0.257 e. The van der Waals surface area contributed by atoms with E-state index in [1.165, 1.54) is 16.9 Å². The molecule has 0 radical (unpaired) electrons. The van der Waals surface area contributed by atoms with Crippen LogP contribution in [-0.4, -0.2) is 59.8 Å². The standard InChI is InChI=1S/C28H27F2N7O3/c1-28(2,31)16-9-22(15-4-5-20(29)21(30)8-15)34-24(10-16)40-25-17-11-36(12-18(17)25)26(39)19-13-37(35-23(19)14-38)27-32-6-3-7-33-27/h3-10,13,17-18,25,38H,11-12,14,31H2,1-2H3. The van der Waals surface area contributed by atoms with Gasteiger partial charge in [-0.05, 0) is 49.7 Å². The van der Waals surface area contributed by atoms with Crippen molar-refractivity contribution in [1.82, 2.24) is 29.6 Å². The van der Waals surface area contributed by atoms with Crippen LogP contribution in [0.4, 0.5) is 8.78 Å². The molecule has 3 aromatic heterocycles. The minimum atomic E-state index is -0.966. The van der Waals surface area contributed by atoms with Crippen molar-refractivity contribution in [1.29, 1.82) is 0 Å². The van der Waals surface area contributed by atoms with Crippen LogP contribution in [0.15, 0.2) is 55.0 Å². The summed E-state index contributed by atoms with van der Waals surface area (Å²) in [6.07, 6.45) is 4.52. The number of hydrogen-bond donors (Lipinski definition) is 2. The van der Waals surface area contributed by atoms with Crippen LogP contribution in [0.5, 0.6) is 5.88 Å². The van der Waals surface area contributed by atoms with Gasteiger partial charge in [0.15, 0.2) is 11.6 Å². The Morgan fingerprint density at radius 2 is 1.85 bits per heavy atom. The molecule has 1 saturated heterocycles. The number of amides is 1. The zero-order chi connectivity index (χ0) is 28.2. The summed E-state index contributed by atoms with van der Waals surface area (Å²) < 4.78 is 35.0. The molecule has 4 heterocycles. The van der Waals surface area contributed by atoms with Crippen molar-refractivity contribution in [3.8, 4) is 23.1 Å². The fraction of sp³-hybridized carbons (Fsp3) is 0.321. The SMILES string of the molecule is CC(C)(N)c1cc(OC2C3CN(C(=O)c4cn(-c5ncccn5)nc4CO)CC32)nc(-c2ccc(F)c(F)c2)c1. The number of aliphatic hydroxyl groups excluding tert-OH is 1. The van der Waals surface area contributed by atoms with E-state index in [2.05, 4.69) is 20.1 Å². The van der Waals surface area contributed by atoms with Crippen molar-refractivity contribution in [3.05, 3.63) is 83.4 Å². The Balaban J connectivity index is 1.17. The summed E-state index contributed by atoms with van der Waals surface area (Å²) in [5.41, 5.74) is 7.72. The van der Waals surface area contributed by atoms with E-state index in [9.17, 15) is 18.7 Å². The average Bonchev–Trinajstić information content (AvgIpc) is 3.28. The van der Waals surface area contributed by atoms with Crippen LogP contribution in [-0.2, 0) is 12.1 Å². The van der Waals surface area contributed by atoms with Crippen molar-refractivity contribution < 1.29 is 23.4 Å². The number of fused-ring (bicyclic) bond motifs is 1. The van der Waals surface area contributed by atoms with E-state index in [4.69, 9.17) is 10.5 Å². The number of halogens is 2. The van der Waals surface area contributed by atoms with E-state index in [1.807, 2.05) is 13.8 Å². The number of ether oxygens (including phenoxy) is 1. The lowest BCUT2D eigenvalue weighted by atomic mass is 9.95. The van der Waals surface area contributed by atoms with Gasteiger partial charge in [-0.3, -0.25) is 4.79 Å². The zero-order valence-corrected chi connectivity index (χ0v) is 21.8. The molecule has 2 unspecified atom stereocenters. The van der Waals surface area contributed by atoms with E-state index in [1.54, 1.807) is 35.5 Å². The molecule has 4 aromatic rings. The first-order valence-corrected chi connectivity index (χ1v) is 12.8. The Kier molecular flexibility index (Phi) is 6.31. The second-order valence-electron chi connectivity index (χ2n) is 10.7. The van der Waals surface area contributed by atoms with Crippen molar-refractivity contribution >= 4 is 5.91 Å². The topological polar surface area (TPSA) is 132 Å². The molecule has 1 amide bonds. The first-order chi connectivity index (χ1) is 19.1. The number of aromatic nitrogens is 5. The summed E-state index contributed by atoms with van der Waals surface area (Å²) in [7, 11) is 0. The van der Waals surface area contributed by atoms with Gasteiger partial charge in [0.25, 0.3) is 5.91 Å². The zero-order valence-electron chi connectivity index (χ0n) is 21.8. The van der Waals surface area contributed by atoms with Gasteiger partial charge in [-0.25, -0.2) is 28.4 Å². The van der Waals surface area contributed by atoms with Gasteiger partial charge < -0.3 is 20.5 Å². The molecule has 40 heavy (non-hydrogen) atoms. The van der Waals surface area contributed by atoms with Crippen LogP contribution in [0, 0.1) is 23.5 Å². The summed E-state index contributed by atoms with van der Waals surface area (Å²) in [6.45, 7) is 4.23. The monoisotopic (exact) mass is 547 g/mol. The lowest BCUT2D eigenvalue weighted by Gasteiger charge is -2.22. The number of carbonyl (C=O) groups excluding carboxylic acids is 1. The molecular weight excluding hydrogens is 520 g/mol. The quantitative estimate of drug-likeness (QED) is 0.361. The maximum Gasteiger partial charge on any atom is 0.257 e. The summed E-state index contributed by atoms with van der Waals surface area (Å²) in [5, 5.41) is 14.1. The van der Waals surface area contributed by atoms with Crippen LogP contribution >= 0.6 is 0 Å². The molecule has 3 N–H and O–H groups in total. The van der Waals surface area contributed by atoms with Gasteiger partial charge in [0.2, 0.25) is 11.8 Å². The van der Waals surface area contributed by atoms with E-state index in [0.29, 0.717) is 41.7 Å². The number of nitrogens with two attached hydrogens (primary N) is 1. The largest absolute Gasteiger partial charge is 0.474 e. The van der Waals surface area contributed by atoms with E-state index >= 15 is 0 Å². The van der Waals surface area contributed by atoms with Gasteiger partial charge in [-0.2, -0.15) is 5.10 Å². The first kappa shape index (κ1) is 26.0. The fourth-order valence-corrected chi connectivity index (χ4v) is 5.08. The highest BCUT2D eigenvalue weighted by Crippen LogP contribution is 2.48. The molecule has 1 aliphatic carbocycles. The van der Waals surface area contributed by atoms with Gasteiger partial charge in [0.1, 0.15) is 11.8 Å². The van der Waals surface area contributed by atoms with Gasteiger partial charge in [0.05, 0.1) is 17.9 Å². The molecule has 1 saturated carbocycles. The van der Waals surface area contributed by atoms with Crippen LogP contribution in [0.2, 0.25) is 0 Å². The number of benzene rings is 1. The third kappa shape index (κ3) is 4.80. The van der Waals surface area contributed by atoms with Gasteiger partial charge in [-0.1, -0.05) is 0 Å². The summed E-state index contributed by atoms with van der Waals surface area (Å²) in [6, 6.07) is 8.79. The van der Waals surface area contributed by atoms with E-state index < -0.39 is 23.8 Å². The molecule has 12 heteroatoms. The normalized spacial score (nSPS) is 19.9. The second-order valence-corrected chi connectivity index (χ2v) is 10.7. The maximum absolute atomic E-state index is 13.9. The fourth-order valence-electron chi connectivity index (χ4n) is 5.08. The highest BCUT2D eigenvalue weighted by Gasteiger charge is 2.59. The minimum Gasteiger partial charge on any atom is -0.474 e. The molecule has 0 spiro atoms. The third-order valence-corrected chi connectivity index (χ3v) is 7.35. The summed E-state index contributed by atoms with van der Waals surface area (Å²) >= 11 is 0. The van der Waals surface area contributed by atoms with Crippen molar-refractivity contribution in [2.45, 2.75) is 32.1 Å². The highest BCUT2D eigenvalue weighted by molar-refractivity contribution is 5.95. The minimum absolute atomic E-state index is 0.108. The first-order valence-electron chi connectivity index (χ1n) is 12.8. The molecule has 2 fully saturated rings. The predicted molar refractivity (Wildman–Crippen MR) is 139 cm³/mol. The van der Waals surface area contributed by atoms with Crippen LogP contribution in [0.25, 0.3) is 17.2 Å². The number of aliphatic hydroxyl groups is 1. The molecule has 1 aliphatic heterocycles. The Bertz CT molecular complexity index is 1580. The van der Waals surface area contributed by atoms with Crippen molar-refractivity contribution in [2.24, 2.45) is 17.6 Å². The molecule has 0 bridgehead atoms. The molecule has 6 rings (SSSR count). The average molecular weight is 548 g/mol. The Hall–Kier alpha value is -4.29. The van der Waals surface area contributed by atoms with Crippen molar-refractivity contribution in [3.63, 3.8) is 0 Å². The second kappa shape index (κ2) is 9.72. The number of carbonyl (C=O) groups is 1. The Morgan fingerprint density at radius 3 is 2.50 bits per heavy atom. The number of pyridine rings is 1. The van der Waals surface area contributed by atoms with E-state index in [0.717, 1.165) is 17.7 Å². The number of nitrogens with zero attached hydrogens (tertiary/aromatic N) is 6. The molecule has 10 nitrogen and oxygen atoms in total. The van der Waals surface area contributed by atoms with Crippen LogP contribution in [0.3, 0.4) is 0 Å². The van der Waals surface area contributed by atoms with Crippen LogP contribution < -0.4 is 10.5 Å².